The lowest BCUT2D eigenvalue weighted by Gasteiger charge is -2.45. The van der Waals surface area contributed by atoms with Crippen molar-refractivity contribution in [2.24, 2.45) is 0 Å². The standard InChI is InChI=1S/C24H53N2OP/c1-10-11-12-13-14-15-16-17-18-19-20-27-28(25(21(2)3)22(4)5)26(23(6)7)24(8)9/h21-24H,10-20H2,1-9H3. The topological polar surface area (TPSA) is 15.7 Å². The Morgan fingerprint density at radius 2 is 0.857 bits per heavy atom. The summed E-state index contributed by atoms with van der Waals surface area (Å²) in [5, 5.41) is 0. The van der Waals surface area contributed by atoms with E-state index in [1.807, 2.05) is 0 Å². The molecular weight excluding hydrogens is 363 g/mol. The molecule has 0 unspecified atom stereocenters. The van der Waals surface area contributed by atoms with E-state index in [0.717, 1.165) is 6.61 Å². The summed E-state index contributed by atoms with van der Waals surface area (Å²) >= 11 is 0. The van der Waals surface area contributed by atoms with E-state index in [1.54, 1.807) is 0 Å². The van der Waals surface area contributed by atoms with Crippen LogP contribution in [-0.2, 0) is 4.52 Å². The molecule has 4 heteroatoms. The van der Waals surface area contributed by atoms with Crippen molar-refractivity contribution in [1.29, 1.82) is 0 Å². The van der Waals surface area contributed by atoms with Gasteiger partial charge in [0.2, 0.25) is 0 Å². The van der Waals surface area contributed by atoms with Gasteiger partial charge in [-0.1, -0.05) is 64.7 Å². The van der Waals surface area contributed by atoms with Crippen molar-refractivity contribution < 1.29 is 4.52 Å². The van der Waals surface area contributed by atoms with Gasteiger partial charge in [0.1, 0.15) is 0 Å². The average Bonchev–Trinajstić information content (AvgIpc) is 2.58. The summed E-state index contributed by atoms with van der Waals surface area (Å²) in [7, 11) is -0.715. The summed E-state index contributed by atoms with van der Waals surface area (Å²) < 4.78 is 11.8. The molecule has 0 bridgehead atoms. The normalized spacial score (nSPS) is 12.9. The first kappa shape index (κ1) is 28.3. The molecule has 170 valence electrons. The smallest absolute Gasteiger partial charge is 0.188 e. The average molecular weight is 417 g/mol. The molecule has 0 atom stereocenters. The molecule has 0 aliphatic rings. The Kier molecular flexibility index (Phi) is 17.2. The molecule has 0 aliphatic heterocycles. The fraction of sp³-hybridized carbons (Fsp3) is 1.00. The molecule has 0 rings (SSSR count). The second kappa shape index (κ2) is 17.0. The molecule has 0 spiro atoms. The number of rotatable bonds is 18. The molecule has 0 aromatic carbocycles. The van der Waals surface area contributed by atoms with E-state index in [2.05, 4.69) is 71.7 Å². The molecule has 0 saturated heterocycles. The fourth-order valence-corrected chi connectivity index (χ4v) is 6.35. The molecule has 0 heterocycles. The van der Waals surface area contributed by atoms with Crippen LogP contribution in [0.25, 0.3) is 0 Å². The number of hydrogen-bond acceptors (Lipinski definition) is 3. The second-order valence-corrected chi connectivity index (χ2v) is 11.1. The minimum Gasteiger partial charge on any atom is -0.331 e. The Morgan fingerprint density at radius 1 is 0.536 bits per heavy atom. The maximum Gasteiger partial charge on any atom is 0.188 e. The van der Waals surface area contributed by atoms with Gasteiger partial charge in [-0.15, -0.1) is 0 Å². The summed E-state index contributed by atoms with van der Waals surface area (Å²) in [5.41, 5.74) is 0. The lowest BCUT2D eigenvalue weighted by atomic mass is 10.1. The van der Waals surface area contributed by atoms with Crippen molar-refractivity contribution >= 4 is 8.45 Å². The monoisotopic (exact) mass is 416 g/mol. The van der Waals surface area contributed by atoms with Crippen molar-refractivity contribution in [1.82, 2.24) is 9.34 Å². The molecule has 0 saturated carbocycles. The molecule has 0 N–H and O–H groups in total. The minimum atomic E-state index is -0.715. The Labute approximate surface area is 179 Å². The van der Waals surface area contributed by atoms with Crippen molar-refractivity contribution in [2.75, 3.05) is 6.61 Å². The Hall–Kier alpha value is 0.310. The van der Waals surface area contributed by atoms with Gasteiger partial charge >= 0.3 is 0 Å². The van der Waals surface area contributed by atoms with Crippen LogP contribution in [-0.4, -0.2) is 40.1 Å². The van der Waals surface area contributed by atoms with E-state index in [1.165, 1.54) is 64.2 Å². The highest BCUT2D eigenvalue weighted by molar-refractivity contribution is 7.47. The maximum atomic E-state index is 6.60. The van der Waals surface area contributed by atoms with Gasteiger partial charge in [-0.05, 0) is 61.8 Å². The van der Waals surface area contributed by atoms with Gasteiger partial charge in [0, 0.05) is 24.2 Å². The molecule has 0 aromatic heterocycles. The van der Waals surface area contributed by atoms with E-state index >= 15 is 0 Å². The van der Waals surface area contributed by atoms with Crippen LogP contribution < -0.4 is 0 Å². The van der Waals surface area contributed by atoms with Crippen LogP contribution in [0, 0.1) is 0 Å². The second-order valence-electron chi connectivity index (χ2n) is 9.40. The van der Waals surface area contributed by atoms with Gasteiger partial charge in [-0.25, -0.2) is 9.34 Å². The van der Waals surface area contributed by atoms with Crippen molar-refractivity contribution in [2.45, 2.75) is 151 Å². The van der Waals surface area contributed by atoms with Gasteiger partial charge in [-0.2, -0.15) is 0 Å². The van der Waals surface area contributed by atoms with Crippen LogP contribution in [0.2, 0.25) is 0 Å². The first-order valence-corrected chi connectivity index (χ1v) is 13.4. The van der Waals surface area contributed by atoms with E-state index in [0.29, 0.717) is 24.2 Å². The third-order valence-corrected chi connectivity index (χ3v) is 8.27. The molecule has 0 amide bonds. The number of hydrogen-bond donors (Lipinski definition) is 0. The third kappa shape index (κ3) is 12.1. The molecule has 28 heavy (non-hydrogen) atoms. The van der Waals surface area contributed by atoms with Crippen LogP contribution in [0.1, 0.15) is 127 Å². The highest BCUT2D eigenvalue weighted by Crippen LogP contribution is 2.50. The van der Waals surface area contributed by atoms with Crippen molar-refractivity contribution in [3.63, 3.8) is 0 Å². The van der Waals surface area contributed by atoms with Crippen LogP contribution in [0.3, 0.4) is 0 Å². The lowest BCUT2D eigenvalue weighted by Crippen LogP contribution is -2.43. The fourth-order valence-electron chi connectivity index (χ4n) is 3.97. The van der Waals surface area contributed by atoms with Gasteiger partial charge in [0.25, 0.3) is 0 Å². The van der Waals surface area contributed by atoms with E-state index < -0.39 is 8.45 Å². The Morgan fingerprint density at radius 3 is 1.18 bits per heavy atom. The Bertz CT molecular complexity index is 311. The number of unbranched alkanes of at least 4 members (excludes halogenated alkanes) is 9. The van der Waals surface area contributed by atoms with Crippen LogP contribution in [0.15, 0.2) is 0 Å². The third-order valence-electron chi connectivity index (χ3n) is 5.22. The van der Waals surface area contributed by atoms with E-state index in [9.17, 15) is 0 Å². The molecule has 3 nitrogen and oxygen atoms in total. The minimum absolute atomic E-state index is 0.499. The van der Waals surface area contributed by atoms with Gasteiger partial charge in [-0.3, -0.25) is 0 Å². The predicted octanol–water partition coefficient (Wildman–Crippen LogP) is 8.39. The zero-order chi connectivity index (χ0) is 21.5. The zero-order valence-electron chi connectivity index (χ0n) is 20.8. The SMILES string of the molecule is CCCCCCCCCCCCOP(N(C(C)C)C(C)C)N(C(C)C)C(C)C. The zero-order valence-corrected chi connectivity index (χ0v) is 21.7. The van der Waals surface area contributed by atoms with Crippen molar-refractivity contribution in [3.8, 4) is 0 Å². The predicted molar refractivity (Wildman–Crippen MR) is 129 cm³/mol. The first-order chi connectivity index (χ1) is 13.2. The van der Waals surface area contributed by atoms with Crippen molar-refractivity contribution in [3.05, 3.63) is 0 Å². The first-order valence-electron chi connectivity index (χ1n) is 12.2. The molecule has 0 aromatic rings. The highest BCUT2D eigenvalue weighted by Gasteiger charge is 2.34. The van der Waals surface area contributed by atoms with E-state index in [4.69, 9.17) is 4.52 Å². The van der Waals surface area contributed by atoms with Gasteiger partial charge in [0.05, 0.1) is 6.61 Å². The van der Waals surface area contributed by atoms with Crippen LogP contribution in [0.4, 0.5) is 0 Å². The summed E-state index contributed by atoms with van der Waals surface area (Å²) in [6, 6.07) is 2.00. The number of nitrogens with zero attached hydrogens (tertiary/aromatic N) is 2. The molecule has 0 radical (unpaired) electrons. The summed E-state index contributed by atoms with van der Waals surface area (Å²) in [6.45, 7) is 21.6. The summed E-state index contributed by atoms with van der Waals surface area (Å²) in [4.78, 5) is 0. The van der Waals surface area contributed by atoms with Gasteiger partial charge < -0.3 is 4.52 Å². The molecule has 0 aliphatic carbocycles. The lowest BCUT2D eigenvalue weighted by molar-refractivity contribution is 0.184. The quantitative estimate of drug-likeness (QED) is 0.165. The van der Waals surface area contributed by atoms with Crippen LogP contribution in [0.5, 0.6) is 0 Å². The van der Waals surface area contributed by atoms with Gasteiger partial charge in [0.15, 0.2) is 8.45 Å². The summed E-state index contributed by atoms with van der Waals surface area (Å²) in [6.07, 6.45) is 13.7. The largest absolute Gasteiger partial charge is 0.331 e. The maximum absolute atomic E-state index is 6.60. The highest BCUT2D eigenvalue weighted by atomic mass is 31.2. The molecule has 0 fully saturated rings. The summed E-state index contributed by atoms with van der Waals surface area (Å²) in [5.74, 6) is 0. The Balaban J connectivity index is 4.39. The van der Waals surface area contributed by atoms with Crippen LogP contribution >= 0.6 is 8.45 Å². The van der Waals surface area contributed by atoms with E-state index in [-0.39, 0.29) is 0 Å². The molecular formula is C24H53N2OP.